The predicted octanol–water partition coefficient (Wildman–Crippen LogP) is 1.61. The van der Waals surface area contributed by atoms with Crippen molar-refractivity contribution >= 4 is 17.5 Å². The Bertz CT molecular complexity index is 542. The average molecular weight is 292 g/mol. The van der Waals surface area contributed by atoms with Crippen LogP contribution >= 0.6 is 0 Å². The molecule has 1 aromatic heterocycles. The molecule has 0 saturated heterocycles. The molecule has 0 spiro atoms. The van der Waals surface area contributed by atoms with E-state index in [2.05, 4.69) is 20.3 Å². The van der Waals surface area contributed by atoms with Gasteiger partial charge in [-0.15, -0.1) is 0 Å². The van der Waals surface area contributed by atoms with E-state index in [0.29, 0.717) is 23.3 Å². The van der Waals surface area contributed by atoms with Gasteiger partial charge in [-0.1, -0.05) is 0 Å². The summed E-state index contributed by atoms with van der Waals surface area (Å²) in [5.74, 6) is 7.27. The standard InChI is InChI=1S/C13H20N6O2/c1-8-11(19(20)21)12(16-13(15-8)17-14)18(6-9-2-3-9)7-10-4-5-10/h9-10H,2-7,14H2,1H3,(H,15,16,17). The first-order chi connectivity index (χ1) is 10.1. The largest absolute Gasteiger partial charge is 0.350 e. The van der Waals surface area contributed by atoms with Gasteiger partial charge in [0, 0.05) is 13.1 Å². The highest BCUT2D eigenvalue weighted by molar-refractivity contribution is 5.62. The summed E-state index contributed by atoms with van der Waals surface area (Å²) in [7, 11) is 0. The number of nitrogen functional groups attached to an aromatic ring is 1. The highest BCUT2D eigenvalue weighted by Gasteiger charge is 2.34. The zero-order chi connectivity index (χ0) is 15.0. The van der Waals surface area contributed by atoms with Crippen molar-refractivity contribution in [2.24, 2.45) is 17.7 Å². The van der Waals surface area contributed by atoms with Crippen molar-refractivity contribution in [3.8, 4) is 0 Å². The summed E-state index contributed by atoms with van der Waals surface area (Å²) in [5, 5.41) is 11.4. The van der Waals surface area contributed by atoms with E-state index in [1.165, 1.54) is 25.7 Å². The maximum atomic E-state index is 11.4. The van der Waals surface area contributed by atoms with Crippen LogP contribution in [0.25, 0.3) is 0 Å². The third-order valence-electron chi connectivity index (χ3n) is 4.00. The Balaban J connectivity index is 1.97. The number of hydrogen-bond donors (Lipinski definition) is 2. The Morgan fingerprint density at radius 3 is 2.29 bits per heavy atom. The van der Waals surface area contributed by atoms with Gasteiger partial charge in [0.25, 0.3) is 0 Å². The van der Waals surface area contributed by atoms with Crippen LogP contribution in [0.4, 0.5) is 17.5 Å². The molecule has 0 bridgehead atoms. The maximum absolute atomic E-state index is 11.4. The molecule has 2 aliphatic rings. The van der Waals surface area contributed by atoms with Crippen molar-refractivity contribution in [3.05, 3.63) is 15.8 Å². The van der Waals surface area contributed by atoms with E-state index in [1.807, 2.05) is 0 Å². The van der Waals surface area contributed by atoms with Crippen LogP contribution in [0.2, 0.25) is 0 Å². The maximum Gasteiger partial charge on any atom is 0.332 e. The lowest BCUT2D eigenvalue weighted by atomic mass is 10.2. The number of aryl methyl sites for hydroxylation is 1. The zero-order valence-electron chi connectivity index (χ0n) is 12.1. The normalized spacial score (nSPS) is 17.6. The van der Waals surface area contributed by atoms with Crippen LogP contribution in [0, 0.1) is 28.9 Å². The molecule has 0 aromatic carbocycles. The number of nitro groups is 1. The molecule has 2 fully saturated rings. The molecule has 1 heterocycles. The first-order valence-electron chi connectivity index (χ1n) is 7.33. The van der Waals surface area contributed by atoms with E-state index >= 15 is 0 Å². The van der Waals surface area contributed by atoms with Gasteiger partial charge in [-0.25, -0.2) is 10.8 Å². The molecule has 3 N–H and O–H groups in total. The molecule has 8 nitrogen and oxygen atoms in total. The summed E-state index contributed by atoms with van der Waals surface area (Å²) in [4.78, 5) is 21.4. The van der Waals surface area contributed by atoms with Crippen LogP contribution < -0.4 is 16.2 Å². The average Bonchev–Trinajstić information content (AvgIpc) is 3.31. The number of nitrogens with one attached hydrogen (secondary N) is 1. The van der Waals surface area contributed by atoms with Crippen molar-refractivity contribution in [1.82, 2.24) is 9.97 Å². The summed E-state index contributed by atoms with van der Waals surface area (Å²) in [6, 6.07) is 0. The second-order valence-corrected chi connectivity index (χ2v) is 6.00. The Hall–Kier alpha value is -1.96. The Kier molecular flexibility index (Phi) is 3.62. The van der Waals surface area contributed by atoms with Crippen LogP contribution in [0.15, 0.2) is 0 Å². The van der Waals surface area contributed by atoms with E-state index in [4.69, 9.17) is 5.84 Å². The molecular formula is C13H20N6O2. The number of nitrogens with two attached hydrogens (primary N) is 1. The first kappa shape index (κ1) is 14.0. The van der Waals surface area contributed by atoms with Crippen molar-refractivity contribution in [2.45, 2.75) is 32.6 Å². The Morgan fingerprint density at radius 2 is 1.86 bits per heavy atom. The molecule has 0 radical (unpaired) electrons. The van der Waals surface area contributed by atoms with Crippen molar-refractivity contribution in [2.75, 3.05) is 23.4 Å². The van der Waals surface area contributed by atoms with Gasteiger partial charge in [0.05, 0.1) is 4.92 Å². The molecule has 3 rings (SSSR count). The second-order valence-electron chi connectivity index (χ2n) is 6.00. The number of aromatic nitrogens is 2. The van der Waals surface area contributed by atoms with Gasteiger partial charge in [0.2, 0.25) is 11.8 Å². The summed E-state index contributed by atoms with van der Waals surface area (Å²) in [5.41, 5.74) is 2.73. The van der Waals surface area contributed by atoms with E-state index in [9.17, 15) is 10.1 Å². The highest BCUT2D eigenvalue weighted by atomic mass is 16.6. The van der Waals surface area contributed by atoms with Gasteiger partial charge in [0.15, 0.2) is 0 Å². The minimum absolute atomic E-state index is 0.00435. The van der Waals surface area contributed by atoms with Crippen molar-refractivity contribution in [3.63, 3.8) is 0 Å². The molecule has 1 aromatic rings. The van der Waals surface area contributed by atoms with Gasteiger partial charge in [-0.2, -0.15) is 4.98 Å². The van der Waals surface area contributed by atoms with Crippen LogP contribution in [-0.2, 0) is 0 Å². The van der Waals surface area contributed by atoms with Crippen LogP contribution in [0.5, 0.6) is 0 Å². The second kappa shape index (κ2) is 5.44. The Labute approximate surface area is 122 Å². The zero-order valence-corrected chi connectivity index (χ0v) is 12.1. The van der Waals surface area contributed by atoms with E-state index < -0.39 is 4.92 Å². The van der Waals surface area contributed by atoms with Crippen LogP contribution in [-0.4, -0.2) is 28.0 Å². The lowest BCUT2D eigenvalue weighted by Crippen LogP contribution is -2.30. The van der Waals surface area contributed by atoms with Crippen LogP contribution in [0.3, 0.4) is 0 Å². The first-order valence-corrected chi connectivity index (χ1v) is 7.33. The number of rotatable bonds is 7. The molecule has 0 aliphatic heterocycles. The summed E-state index contributed by atoms with van der Waals surface area (Å²) in [6.45, 7) is 3.28. The molecule has 2 saturated carbocycles. The van der Waals surface area contributed by atoms with Gasteiger partial charge in [-0.05, 0) is 44.4 Å². The monoisotopic (exact) mass is 292 g/mol. The number of nitrogens with zero attached hydrogens (tertiary/aromatic N) is 4. The number of anilines is 2. The van der Waals surface area contributed by atoms with E-state index in [-0.39, 0.29) is 11.6 Å². The molecule has 0 unspecified atom stereocenters. The number of hydrazine groups is 1. The topological polar surface area (TPSA) is 110 Å². The number of hydrogen-bond acceptors (Lipinski definition) is 7. The third kappa shape index (κ3) is 3.21. The fraction of sp³-hybridized carbons (Fsp3) is 0.692. The molecule has 2 aliphatic carbocycles. The highest BCUT2D eigenvalue weighted by Crippen LogP contribution is 2.38. The van der Waals surface area contributed by atoms with Crippen molar-refractivity contribution in [1.29, 1.82) is 0 Å². The van der Waals surface area contributed by atoms with Gasteiger partial charge in [-0.3, -0.25) is 15.5 Å². The smallest absolute Gasteiger partial charge is 0.332 e. The molecule has 21 heavy (non-hydrogen) atoms. The summed E-state index contributed by atoms with van der Waals surface area (Å²) >= 11 is 0. The minimum atomic E-state index is -0.391. The van der Waals surface area contributed by atoms with Crippen LogP contribution in [0.1, 0.15) is 31.4 Å². The lowest BCUT2D eigenvalue weighted by molar-refractivity contribution is -0.385. The molecule has 0 amide bonds. The summed E-state index contributed by atoms with van der Waals surface area (Å²) in [6.07, 6.45) is 4.78. The summed E-state index contributed by atoms with van der Waals surface area (Å²) < 4.78 is 0. The van der Waals surface area contributed by atoms with Gasteiger partial charge < -0.3 is 4.90 Å². The van der Waals surface area contributed by atoms with Gasteiger partial charge in [0.1, 0.15) is 5.69 Å². The SMILES string of the molecule is Cc1nc(NN)nc(N(CC2CC2)CC2CC2)c1[N+](=O)[O-]. The fourth-order valence-corrected chi connectivity index (χ4v) is 2.52. The predicted molar refractivity (Wildman–Crippen MR) is 78.9 cm³/mol. The minimum Gasteiger partial charge on any atom is -0.350 e. The van der Waals surface area contributed by atoms with Gasteiger partial charge >= 0.3 is 5.69 Å². The molecule has 114 valence electrons. The van der Waals surface area contributed by atoms with E-state index in [0.717, 1.165) is 13.1 Å². The molecule has 0 atom stereocenters. The lowest BCUT2D eigenvalue weighted by Gasteiger charge is -2.24. The van der Waals surface area contributed by atoms with E-state index in [1.54, 1.807) is 6.92 Å². The Morgan fingerprint density at radius 1 is 1.29 bits per heavy atom. The third-order valence-corrected chi connectivity index (χ3v) is 4.00. The van der Waals surface area contributed by atoms with Crippen molar-refractivity contribution < 1.29 is 4.92 Å². The molecule has 8 heteroatoms. The quantitative estimate of drug-likeness (QED) is 0.446. The fourth-order valence-electron chi connectivity index (χ4n) is 2.52. The molecular weight excluding hydrogens is 272 g/mol.